The zero-order valence-corrected chi connectivity index (χ0v) is 18.6. The maximum atomic E-state index is 6.52. The van der Waals surface area contributed by atoms with Crippen LogP contribution in [0.5, 0.6) is 0 Å². The van der Waals surface area contributed by atoms with Crippen molar-refractivity contribution in [2.75, 3.05) is 11.4 Å². The number of aryl methyl sites for hydroxylation is 1. The minimum atomic E-state index is 0.174. The summed E-state index contributed by atoms with van der Waals surface area (Å²) in [5, 5.41) is 2.52. The molecule has 30 heavy (non-hydrogen) atoms. The smallest absolute Gasteiger partial charge is 0.158 e. The maximum absolute atomic E-state index is 6.52. The second kappa shape index (κ2) is 5.64. The summed E-state index contributed by atoms with van der Waals surface area (Å²) in [7, 11) is 0. The third-order valence-corrected chi connectivity index (χ3v) is 9.70. The molecule has 4 bridgehead atoms. The van der Waals surface area contributed by atoms with Gasteiger partial charge in [0.1, 0.15) is 5.58 Å². The average molecular weight is 400 g/mol. The molecule has 1 aromatic heterocycles. The number of fused-ring (bicyclic) bond motifs is 3. The van der Waals surface area contributed by atoms with Gasteiger partial charge in [-0.1, -0.05) is 30.3 Å². The number of anilines is 1. The van der Waals surface area contributed by atoms with Gasteiger partial charge in [-0.2, -0.15) is 0 Å². The highest BCUT2D eigenvalue weighted by Gasteiger charge is 2.62. The molecule has 0 atom stereocenters. The molecule has 2 heteroatoms. The van der Waals surface area contributed by atoms with Gasteiger partial charge in [0.05, 0.1) is 5.69 Å². The first-order valence-corrected chi connectivity index (χ1v) is 12.1. The number of rotatable bonds is 1. The average Bonchev–Trinajstić information content (AvgIpc) is 3.21. The van der Waals surface area contributed by atoms with Crippen LogP contribution in [0.25, 0.3) is 21.9 Å². The quantitative estimate of drug-likeness (QED) is 0.426. The lowest BCUT2D eigenvalue weighted by molar-refractivity contribution is -0.0993. The predicted molar refractivity (Wildman–Crippen MR) is 124 cm³/mol. The van der Waals surface area contributed by atoms with Crippen molar-refractivity contribution in [2.45, 2.75) is 64.8 Å². The first-order valence-electron chi connectivity index (χ1n) is 12.1. The van der Waals surface area contributed by atoms with Gasteiger partial charge in [0, 0.05) is 22.9 Å². The second-order valence-electron chi connectivity index (χ2n) is 11.8. The van der Waals surface area contributed by atoms with Gasteiger partial charge >= 0.3 is 0 Å². The summed E-state index contributed by atoms with van der Waals surface area (Å²) < 4.78 is 6.52. The molecule has 2 nitrogen and oxygen atoms in total. The third kappa shape index (κ3) is 2.16. The van der Waals surface area contributed by atoms with Gasteiger partial charge in [0.15, 0.2) is 5.58 Å². The van der Waals surface area contributed by atoms with E-state index >= 15 is 0 Å². The van der Waals surface area contributed by atoms with Crippen molar-refractivity contribution in [2.24, 2.45) is 29.1 Å². The summed E-state index contributed by atoms with van der Waals surface area (Å²) in [6.07, 6.45) is 8.91. The molecule has 3 aromatic rings. The van der Waals surface area contributed by atoms with E-state index in [0.717, 1.165) is 34.8 Å². The standard InChI is InChI=1S/C28H33NO/c1-17-8-9-23-22-6-4-5-7-24(22)30-26(23)25(17)29-16-28(15-27(29,2)3)20-11-18-10-19(13-20)14-21(28)12-18/h4-9,18-21H,10-16H2,1-3H3. The molecule has 4 aliphatic carbocycles. The fraction of sp³-hybridized carbons (Fsp3) is 0.571. The molecule has 4 saturated carbocycles. The number of hydrogen-bond donors (Lipinski definition) is 0. The van der Waals surface area contributed by atoms with Crippen LogP contribution in [0.4, 0.5) is 5.69 Å². The molecule has 0 N–H and O–H groups in total. The number of furan rings is 1. The van der Waals surface area contributed by atoms with E-state index in [0.29, 0.717) is 5.41 Å². The fourth-order valence-electron chi connectivity index (χ4n) is 8.73. The number of hydrogen-bond acceptors (Lipinski definition) is 2. The van der Waals surface area contributed by atoms with Crippen LogP contribution >= 0.6 is 0 Å². The lowest BCUT2D eigenvalue weighted by Crippen LogP contribution is -2.54. The van der Waals surface area contributed by atoms with E-state index in [9.17, 15) is 0 Å². The summed E-state index contributed by atoms with van der Waals surface area (Å²) in [6, 6.07) is 13.1. The van der Waals surface area contributed by atoms with Gasteiger partial charge in [-0.3, -0.25) is 0 Å². The van der Waals surface area contributed by atoms with Crippen LogP contribution < -0.4 is 4.90 Å². The van der Waals surface area contributed by atoms with Crippen LogP contribution in [0.2, 0.25) is 0 Å². The molecule has 1 saturated heterocycles. The lowest BCUT2D eigenvalue weighted by Gasteiger charge is -2.60. The predicted octanol–water partition coefficient (Wildman–Crippen LogP) is 7.33. The van der Waals surface area contributed by atoms with E-state index in [1.165, 1.54) is 67.1 Å². The minimum Gasteiger partial charge on any atom is -0.454 e. The van der Waals surface area contributed by atoms with Crippen molar-refractivity contribution >= 4 is 27.6 Å². The van der Waals surface area contributed by atoms with Crippen LogP contribution in [0.15, 0.2) is 40.8 Å². The minimum absolute atomic E-state index is 0.174. The Labute approximate surface area is 179 Å². The van der Waals surface area contributed by atoms with Gasteiger partial charge in [0.25, 0.3) is 0 Å². The van der Waals surface area contributed by atoms with Crippen molar-refractivity contribution in [3.8, 4) is 0 Å². The van der Waals surface area contributed by atoms with E-state index in [4.69, 9.17) is 4.42 Å². The van der Waals surface area contributed by atoms with Crippen molar-refractivity contribution in [1.29, 1.82) is 0 Å². The Bertz CT molecular complexity index is 1140. The highest BCUT2D eigenvalue weighted by molar-refractivity contribution is 6.09. The van der Waals surface area contributed by atoms with E-state index in [1.807, 2.05) is 0 Å². The zero-order valence-electron chi connectivity index (χ0n) is 18.6. The van der Waals surface area contributed by atoms with Crippen LogP contribution in [-0.4, -0.2) is 12.1 Å². The van der Waals surface area contributed by atoms with Crippen LogP contribution in [0.3, 0.4) is 0 Å². The molecule has 0 unspecified atom stereocenters. The number of benzene rings is 2. The largest absolute Gasteiger partial charge is 0.454 e. The van der Waals surface area contributed by atoms with E-state index in [2.05, 4.69) is 62.1 Å². The van der Waals surface area contributed by atoms with Gasteiger partial charge < -0.3 is 9.32 Å². The normalized spacial score (nSPS) is 36.6. The Morgan fingerprint density at radius 3 is 2.30 bits per heavy atom. The van der Waals surface area contributed by atoms with E-state index < -0.39 is 0 Å². The Hall–Kier alpha value is -1.96. The van der Waals surface area contributed by atoms with Crippen LogP contribution in [0.1, 0.15) is 57.9 Å². The van der Waals surface area contributed by atoms with Gasteiger partial charge in [-0.15, -0.1) is 0 Å². The molecule has 156 valence electrons. The monoisotopic (exact) mass is 399 g/mol. The number of para-hydroxylation sites is 1. The van der Waals surface area contributed by atoms with Crippen molar-refractivity contribution in [3.63, 3.8) is 0 Å². The molecule has 8 rings (SSSR count). The van der Waals surface area contributed by atoms with Crippen LogP contribution in [0, 0.1) is 36.0 Å². The summed E-state index contributed by atoms with van der Waals surface area (Å²) in [5.41, 5.74) is 5.53. The first kappa shape index (κ1) is 17.7. The Kier molecular flexibility index (Phi) is 3.32. The molecule has 2 aromatic carbocycles. The SMILES string of the molecule is Cc1ccc2c(oc3ccccc32)c1N1CC2(CC1(C)C)C1CC3CC(C1)CC2C3. The molecule has 1 aliphatic heterocycles. The Morgan fingerprint density at radius 1 is 0.867 bits per heavy atom. The fourth-order valence-corrected chi connectivity index (χ4v) is 8.73. The first-order chi connectivity index (χ1) is 14.4. The topological polar surface area (TPSA) is 16.4 Å². The third-order valence-electron chi connectivity index (χ3n) is 9.70. The van der Waals surface area contributed by atoms with Crippen molar-refractivity contribution in [1.82, 2.24) is 0 Å². The Morgan fingerprint density at radius 2 is 1.57 bits per heavy atom. The van der Waals surface area contributed by atoms with E-state index in [1.54, 1.807) is 0 Å². The molecule has 0 radical (unpaired) electrons. The highest BCUT2D eigenvalue weighted by atomic mass is 16.3. The number of nitrogens with zero attached hydrogens (tertiary/aromatic N) is 1. The summed E-state index contributed by atoms with van der Waals surface area (Å²) in [5.74, 6) is 3.98. The van der Waals surface area contributed by atoms with E-state index in [-0.39, 0.29) is 5.54 Å². The Balaban J connectivity index is 1.39. The summed E-state index contributed by atoms with van der Waals surface area (Å²) >= 11 is 0. The summed E-state index contributed by atoms with van der Waals surface area (Å²) in [6.45, 7) is 8.49. The second-order valence-corrected chi connectivity index (χ2v) is 11.8. The summed E-state index contributed by atoms with van der Waals surface area (Å²) in [4.78, 5) is 2.77. The van der Waals surface area contributed by atoms with Gasteiger partial charge in [0.2, 0.25) is 0 Å². The van der Waals surface area contributed by atoms with Crippen LogP contribution in [-0.2, 0) is 0 Å². The van der Waals surface area contributed by atoms with Crippen molar-refractivity contribution < 1.29 is 4.42 Å². The maximum Gasteiger partial charge on any atom is 0.158 e. The molecular formula is C28H33NO. The lowest BCUT2D eigenvalue weighted by atomic mass is 9.44. The molecular weight excluding hydrogens is 366 g/mol. The highest BCUT2D eigenvalue weighted by Crippen LogP contribution is 2.67. The molecule has 2 heterocycles. The molecule has 0 amide bonds. The van der Waals surface area contributed by atoms with Gasteiger partial charge in [-0.05, 0) is 100 Å². The molecule has 1 spiro atoms. The molecule has 5 fully saturated rings. The molecule has 5 aliphatic rings. The van der Waals surface area contributed by atoms with Crippen molar-refractivity contribution in [3.05, 3.63) is 42.0 Å². The van der Waals surface area contributed by atoms with Gasteiger partial charge in [-0.25, -0.2) is 0 Å². The zero-order chi connectivity index (χ0) is 20.3.